The van der Waals surface area contributed by atoms with Crippen molar-refractivity contribution < 1.29 is 14.1 Å². The molecule has 102 valence electrons. The summed E-state index contributed by atoms with van der Waals surface area (Å²) in [5.74, 6) is 0.569. The second kappa shape index (κ2) is 5.14. The minimum absolute atomic E-state index is 0.184. The SMILES string of the molecule is COCc1cc(C(=O)Nc2n[nH]c3ccccc23)no1. The molecule has 3 aromatic rings. The van der Waals surface area contributed by atoms with E-state index in [1.807, 2.05) is 24.3 Å². The van der Waals surface area contributed by atoms with E-state index in [9.17, 15) is 4.79 Å². The summed E-state index contributed by atoms with van der Waals surface area (Å²) in [4.78, 5) is 12.0. The third-order valence-electron chi connectivity index (χ3n) is 2.78. The van der Waals surface area contributed by atoms with Gasteiger partial charge in [0, 0.05) is 18.6 Å². The Labute approximate surface area is 113 Å². The molecule has 3 rings (SSSR count). The van der Waals surface area contributed by atoms with Crippen LogP contribution in [0.5, 0.6) is 0 Å². The first-order chi connectivity index (χ1) is 9.78. The molecule has 0 radical (unpaired) electrons. The summed E-state index contributed by atoms with van der Waals surface area (Å²) < 4.78 is 9.87. The van der Waals surface area contributed by atoms with Gasteiger partial charge in [0.25, 0.3) is 5.91 Å². The number of nitrogens with one attached hydrogen (secondary N) is 2. The van der Waals surface area contributed by atoms with Crippen LogP contribution in [-0.4, -0.2) is 28.4 Å². The number of carbonyl (C=O) groups is 1. The van der Waals surface area contributed by atoms with E-state index in [0.29, 0.717) is 11.6 Å². The minimum atomic E-state index is -0.381. The zero-order valence-electron chi connectivity index (χ0n) is 10.7. The summed E-state index contributed by atoms with van der Waals surface area (Å²) in [5.41, 5.74) is 1.03. The van der Waals surface area contributed by atoms with E-state index in [2.05, 4.69) is 20.7 Å². The fourth-order valence-electron chi connectivity index (χ4n) is 1.86. The zero-order chi connectivity index (χ0) is 13.9. The lowest BCUT2D eigenvalue weighted by Gasteiger charge is -1.98. The molecule has 0 fully saturated rings. The molecule has 0 aliphatic rings. The number of H-pyrrole nitrogens is 1. The van der Waals surface area contributed by atoms with Gasteiger partial charge in [0.1, 0.15) is 6.61 Å². The van der Waals surface area contributed by atoms with Crippen LogP contribution in [0.3, 0.4) is 0 Å². The van der Waals surface area contributed by atoms with Gasteiger partial charge in [-0.2, -0.15) is 5.10 Å². The van der Waals surface area contributed by atoms with Crippen LogP contribution in [0.1, 0.15) is 16.2 Å². The number of fused-ring (bicyclic) bond motifs is 1. The van der Waals surface area contributed by atoms with Gasteiger partial charge in [0.15, 0.2) is 17.3 Å². The fraction of sp³-hybridized carbons (Fsp3) is 0.154. The van der Waals surface area contributed by atoms with Crippen LogP contribution in [0.25, 0.3) is 10.9 Å². The maximum Gasteiger partial charge on any atom is 0.279 e. The van der Waals surface area contributed by atoms with Crippen LogP contribution in [0.2, 0.25) is 0 Å². The Morgan fingerprint density at radius 3 is 3.15 bits per heavy atom. The van der Waals surface area contributed by atoms with Crippen LogP contribution >= 0.6 is 0 Å². The van der Waals surface area contributed by atoms with E-state index in [1.165, 1.54) is 13.2 Å². The maximum atomic E-state index is 12.0. The molecule has 1 aromatic carbocycles. The van der Waals surface area contributed by atoms with E-state index in [0.717, 1.165) is 10.9 Å². The van der Waals surface area contributed by atoms with Crippen LogP contribution < -0.4 is 5.32 Å². The highest BCUT2D eigenvalue weighted by Crippen LogP contribution is 2.20. The summed E-state index contributed by atoms with van der Waals surface area (Å²) >= 11 is 0. The Bertz CT molecular complexity index is 747. The van der Waals surface area contributed by atoms with Crippen LogP contribution in [0, 0.1) is 0 Å². The molecular formula is C13H12N4O3. The number of anilines is 1. The Kier molecular flexibility index (Phi) is 3.18. The third kappa shape index (κ3) is 2.26. The molecule has 0 aliphatic carbocycles. The number of amides is 1. The molecule has 0 saturated carbocycles. The Balaban J connectivity index is 1.81. The van der Waals surface area contributed by atoms with Gasteiger partial charge in [-0.1, -0.05) is 17.3 Å². The van der Waals surface area contributed by atoms with Crippen molar-refractivity contribution in [2.24, 2.45) is 0 Å². The first-order valence-electron chi connectivity index (χ1n) is 5.97. The highest BCUT2D eigenvalue weighted by Gasteiger charge is 2.15. The summed E-state index contributed by atoms with van der Waals surface area (Å²) in [6.45, 7) is 0.269. The highest BCUT2D eigenvalue weighted by molar-refractivity contribution is 6.06. The lowest BCUT2D eigenvalue weighted by atomic mass is 10.2. The average molecular weight is 272 g/mol. The van der Waals surface area contributed by atoms with Gasteiger partial charge in [-0.15, -0.1) is 0 Å². The Morgan fingerprint density at radius 1 is 1.45 bits per heavy atom. The molecule has 2 aromatic heterocycles. The van der Waals surface area contributed by atoms with Crippen molar-refractivity contribution in [1.82, 2.24) is 15.4 Å². The monoisotopic (exact) mass is 272 g/mol. The van der Waals surface area contributed by atoms with Crippen molar-refractivity contribution in [2.45, 2.75) is 6.61 Å². The number of ether oxygens (including phenoxy) is 1. The first-order valence-corrected chi connectivity index (χ1v) is 5.97. The average Bonchev–Trinajstić information content (AvgIpc) is 3.07. The molecule has 0 atom stereocenters. The normalized spacial score (nSPS) is 10.8. The number of methoxy groups -OCH3 is 1. The molecular weight excluding hydrogens is 260 g/mol. The third-order valence-corrected chi connectivity index (χ3v) is 2.78. The number of nitrogens with zero attached hydrogens (tertiary/aromatic N) is 2. The number of rotatable bonds is 4. The summed E-state index contributed by atoms with van der Waals surface area (Å²) in [7, 11) is 1.54. The van der Waals surface area contributed by atoms with Gasteiger partial charge in [0.05, 0.1) is 5.52 Å². The Hall–Kier alpha value is -2.67. The summed E-state index contributed by atoms with van der Waals surface area (Å²) in [6.07, 6.45) is 0. The number of benzene rings is 1. The number of carbonyl (C=O) groups excluding carboxylic acids is 1. The number of aromatic nitrogens is 3. The molecule has 1 amide bonds. The second-order valence-electron chi connectivity index (χ2n) is 4.18. The second-order valence-corrected chi connectivity index (χ2v) is 4.18. The first kappa shape index (κ1) is 12.4. The molecule has 0 unspecified atom stereocenters. The minimum Gasteiger partial charge on any atom is -0.377 e. The van der Waals surface area contributed by atoms with Crippen LogP contribution in [-0.2, 0) is 11.3 Å². The highest BCUT2D eigenvalue weighted by atomic mass is 16.5. The Morgan fingerprint density at radius 2 is 2.30 bits per heavy atom. The number of para-hydroxylation sites is 1. The van der Waals surface area contributed by atoms with Crippen LogP contribution in [0.15, 0.2) is 34.9 Å². The van der Waals surface area contributed by atoms with Crippen LogP contribution in [0.4, 0.5) is 5.82 Å². The van der Waals surface area contributed by atoms with Gasteiger partial charge in [0.2, 0.25) is 0 Å². The van der Waals surface area contributed by atoms with Gasteiger partial charge in [-0.05, 0) is 12.1 Å². The van der Waals surface area contributed by atoms with E-state index < -0.39 is 0 Å². The standard InChI is InChI=1S/C13H12N4O3/c1-19-7-8-6-11(17-20-8)13(18)14-12-9-4-2-3-5-10(9)15-16-12/h2-6H,7H2,1H3,(H2,14,15,16,18). The summed E-state index contributed by atoms with van der Waals surface area (Å²) in [5, 5.41) is 14.1. The topological polar surface area (TPSA) is 93.0 Å². The van der Waals surface area contributed by atoms with Gasteiger partial charge in [-0.25, -0.2) is 0 Å². The maximum absolute atomic E-state index is 12.0. The van der Waals surface area contributed by atoms with Crippen molar-refractivity contribution >= 4 is 22.6 Å². The van der Waals surface area contributed by atoms with Crippen molar-refractivity contribution in [3.63, 3.8) is 0 Å². The molecule has 0 saturated heterocycles. The quantitative estimate of drug-likeness (QED) is 0.757. The lowest BCUT2D eigenvalue weighted by molar-refractivity contribution is 0.101. The fourth-order valence-corrected chi connectivity index (χ4v) is 1.86. The van der Waals surface area contributed by atoms with Gasteiger partial charge >= 0.3 is 0 Å². The molecule has 0 aliphatic heterocycles. The smallest absolute Gasteiger partial charge is 0.279 e. The molecule has 20 heavy (non-hydrogen) atoms. The molecule has 0 bridgehead atoms. The van der Waals surface area contributed by atoms with Crippen molar-refractivity contribution in [2.75, 3.05) is 12.4 Å². The predicted molar refractivity (Wildman–Crippen MR) is 71.3 cm³/mol. The van der Waals surface area contributed by atoms with Gasteiger partial charge < -0.3 is 14.6 Å². The van der Waals surface area contributed by atoms with E-state index in [1.54, 1.807) is 0 Å². The van der Waals surface area contributed by atoms with E-state index >= 15 is 0 Å². The number of hydrogen-bond donors (Lipinski definition) is 2. The molecule has 0 spiro atoms. The molecule has 2 heterocycles. The predicted octanol–water partition coefficient (Wildman–Crippen LogP) is 1.95. The molecule has 7 nitrogen and oxygen atoms in total. The van der Waals surface area contributed by atoms with Crippen molar-refractivity contribution in [3.05, 3.63) is 41.8 Å². The van der Waals surface area contributed by atoms with E-state index in [-0.39, 0.29) is 18.2 Å². The van der Waals surface area contributed by atoms with Crippen molar-refractivity contribution in [3.8, 4) is 0 Å². The largest absolute Gasteiger partial charge is 0.377 e. The van der Waals surface area contributed by atoms with E-state index in [4.69, 9.17) is 9.26 Å². The zero-order valence-corrected chi connectivity index (χ0v) is 10.7. The molecule has 2 N–H and O–H groups in total. The molecule has 7 heteroatoms. The van der Waals surface area contributed by atoms with Gasteiger partial charge in [-0.3, -0.25) is 9.89 Å². The lowest BCUT2D eigenvalue weighted by Crippen LogP contribution is -2.12. The van der Waals surface area contributed by atoms with Crippen molar-refractivity contribution in [1.29, 1.82) is 0 Å². The number of hydrogen-bond acceptors (Lipinski definition) is 5. The number of aromatic amines is 1. The summed E-state index contributed by atoms with van der Waals surface area (Å²) in [6, 6.07) is 9.05.